The smallest absolute Gasteiger partial charge is 0.219 e. The first kappa shape index (κ1) is 15.5. The Morgan fingerprint density at radius 1 is 1.11 bits per heavy atom. The van der Waals surface area contributed by atoms with Gasteiger partial charge in [-0.3, -0.25) is 0 Å². The van der Waals surface area contributed by atoms with E-state index in [1.165, 1.54) is 17.3 Å². The average molecular weight is 284 g/mol. The number of unbranched alkanes of at least 4 members (excludes halogenated alkanes) is 2. The average Bonchev–Trinajstić information content (AvgIpc) is 2.42. The van der Waals surface area contributed by atoms with Gasteiger partial charge in [0.15, 0.2) is 0 Å². The van der Waals surface area contributed by atoms with Crippen molar-refractivity contribution in [1.29, 1.82) is 0 Å². The van der Waals surface area contributed by atoms with Crippen LogP contribution in [-0.4, -0.2) is 23.9 Å². The summed E-state index contributed by atoms with van der Waals surface area (Å²) in [5.41, 5.74) is 1.23. The van der Waals surface area contributed by atoms with Crippen LogP contribution >= 0.6 is 24.0 Å². The molecule has 0 radical (unpaired) electrons. The molecule has 4 heteroatoms. The third-order valence-corrected chi connectivity index (χ3v) is 3.50. The van der Waals surface area contributed by atoms with Crippen LogP contribution in [-0.2, 0) is 16.1 Å². The van der Waals surface area contributed by atoms with E-state index in [-0.39, 0.29) is 0 Å². The molecule has 0 aliphatic rings. The third kappa shape index (κ3) is 7.69. The summed E-state index contributed by atoms with van der Waals surface area (Å²) in [4.78, 5) is 0. The van der Waals surface area contributed by atoms with Crippen LogP contribution in [0, 0.1) is 0 Å². The molecule has 0 spiro atoms. The zero-order valence-corrected chi connectivity index (χ0v) is 12.4. The van der Waals surface area contributed by atoms with Crippen LogP contribution in [0.15, 0.2) is 30.3 Å². The molecule has 0 bridgehead atoms. The first-order valence-electron chi connectivity index (χ1n) is 6.15. The van der Waals surface area contributed by atoms with E-state index < -0.39 is 0 Å². The van der Waals surface area contributed by atoms with E-state index >= 15 is 0 Å². The lowest BCUT2D eigenvalue weighted by molar-refractivity contribution is 0.116. The van der Waals surface area contributed by atoms with Crippen LogP contribution in [0.5, 0.6) is 0 Å². The highest BCUT2D eigenvalue weighted by Crippen LogP contribution is 2.04. The van der Waals surface area contributed by atoms with E-state index in [0.717, 1.165) is 32.5 Å². The van der Waals surface area contributed by atoms with Gasteiger partial charge < -0.3 is 9.47 Å². The summed E-state index contributed by atoms with van der Waals surface area (Å²) >= 11 is 6.42. The zero-order chi connectivity index (χ0) is 13.1. The topological polar surface area (TPSA) is 18.5 Å². The van der Waals surface area contributed by atoms with E-state index in [2.05, 4.69) is 12.1 Å². The van der Waals surface area contributed by atoms with Crippen molar-refractivity contribution in [2.24, 2.45) is 0 Å². The van der Waals surface area contributed by atoms with Gasteiger partial charge in [0.25, 0.3) is 0 Å². The van der Waals surface area contributed by atoms with Crippen molar-refractivity contribution in [2.75, 3.05) is 19.5 Å². The molecular weight excluding hydrogens is 264 g/mol. The van der Waals surface area contributed by atoms with Gasteiger partial charge in [0.05, 0.1) is 13.2 Å². The number of ether oxygens (including phenoxy) is 2. The highest BCUT2D eigenvalue weighted by atomic mass is 32.2. The van der Waals surface area contributed by atoms with Gasteiger partial charge in [-0.1, -0.05) is 42.1 Å². The molecule has 1 rings (SSSR count). The highest BCUT2D eigenvalue weighted by molar-refractivity contribution is 8.22. The molecular formula is C14H20O2S2. The van der Waals surface area contributed by atoms with Gasteiger partial charge in [0, 0.05) is 6.61 Å². The lowest BCUT2D eigenvalue weighted by Crippen LogP contribution is -2.00. The summed E-state index contributed by atoms with van der Waals surface area (Å²) in [6, 6.07) is 10.2. The Kier molecular flexibility index (Phi) is 8.90. The number of hydrogen-bond donors (Lipinski definition) is 0. The standard InChI is InChI=1S/C14H20O2S2/c1-18-14(17)16-11-7-3-6-10-15-12-13-8-4-2-5-9-13/h2,4-5,8-9H,3,6-7,10-12H2,1H3. The van der Waals surface area contributed by atoms with Gasteiger partial charge in [-0.2, -0.15) is 0 Å². The van der Waals surface area contributed by atoms with Crippen molar-refractivity contribution < 1.29 is 9.47 Å². The minimum atomic E-state index is 0.635. The lowest BCUT2D eigenvalue weighted by atomic mass is 10.2. The Bertz CT molecular complexity index is 328. The Hall–Kier alpha value is -0.580. The van der Waals surface area contributed by atoms with Crippen LogP contribution in [0.25, 0.3) is 0 Å². The molecule has 0 atom stereocenters. The van der Waals surface area contributed by atoms with Gasteiger partial charge in [-0.25, -0.2) is 0 Å². The van der Waals surface area contributed by atoms with Crippen molar-refractivity contribution in [3.8, 4) is 0 Å². The van der Waals surface area contributed by atoms with Crippen LogP contribution in [0.2, 0.25) is 0 Å². The number of rotatable bonds is 8. The molecule has 0 aliphatic heterocycles. The molecule has 100 valence electrons. The van der Waals surface area contributed by atoms with E-state index in [1.807, 2.05) is 24.5 Å². The van der Waals surface area contributed by atoms with Crippen LogP contribution in [0.3, 0.4) is 0 Å². The predicted molar refractivity (Wildman–Crippen MR) is 82.0 cm³/mol. The third-order valence-electron chi connectivity index (χ3n) is 2.43. The SMILES string of the molecule is CSC(=S)OCCCCCOCc1ccccc1. The molecule has 0 aliphatic carbocycles. The first-order valence-corrected chi connectivity index (χ1v) is 7.78. The van der Waals surface area contributed by atoms with Gasteiger partial charge in [0.1, 0.15) is 0 Å². The molecule has 0 saturated heterocycles. The minimum Gasteiger partial charge on any atom is -0.479 e. The second kappa shape index (κ2) is 10.4. The molecule has 2 nitrogen and oxygen atoms in total. The minimum absolute atomic E-state index is 0.635. The molecule has 18 heavy (non-hydrogen) atoms. The molecule has 0 unspecified atom stereocenters. The molecule has 0 saturated carbocycles. The number of thiocarbonyl (C=S) groups is 1. The summed E-state index contributed by atoms with van der Waals surface area (Å²) in [5, 5.41) is 0. The van der Waals surface area contributed by atoms with Gasteiger partial charge in [0.2, 0.25) is 4.38 Å². The first-order chi connectivity index (χ1) is 8.83. The molecule has 1 aromatic carbocycles. The van der Waals surface area contributed by atoms with Crippen molar-refractivity contribution in [2.45, 2.75) is 25.9 Å². The van der Waals surface area contributed by atoms with Gasteiger partial charge in [-0.05, 0) is 43.3 Å². The van der Waals surface area contributed by atoms with E-state index in [4.69, 9.17) is 21.7 Å². The summed E-state index contributed by atoms with van der Waals surface area (Å²) < 4.78 is 11.6. The lowest BCUT2D eigenvalue weighted by Gasteiger charge is -2.06. The van der Waals surface area contributed by atoms with Crippen molar-refractivity contribution in [1.82, 2.24) is 0 Å². The maximum absolute atomic E-state index is 5.60. The Balaban J connectivity index is 1.89. The summed E-state index contributed by atoms with van der Waals surface area (Å²) in [5.74, 6) is 0. The van der Waals surface area contributed by atoms with Crippen LogP contribution in [0.1, 0.15) is 24.8 Å². The summed E-state index contributed by atoms with van der Waals surface area (Å²) in [7, 11) is 0. The molecule has 0 amide bonds. The maximum Gasteiger partial charge on any atom is 0.219 e. The van der Waals surface area contributed by atoms with Crippen LogP contribution in [0.4, 0.5) is 0 Å². The molecule has 0 heterocycles. The summed E-state index contributed by atoms with van der Waals surface area (Å²) in [6.07, 6.45) is 5.16. The van der Waals surface area contributed by atoms with Crippen molar-refractivity contribution in [3.63, 3.8) is 0 Å². The van der Waals surface area contributed by atoms with Crippen LogP contribution < -0.4 is 0 Å². The largest absolute Gasteiger partial charge is 0.479 e. The Labute approximate surface area is 119 Å². The fourth-order valence-corrected chi connectivity index (χ4v) is 1.75. The number of thioether (sulfide) groups is 1. The predicted octanol–water partition coefficient (Wildman–Crippen LogP) is 4.04. The molecule has 1 aromatic rings. The maximum atomic E-state index is 5.60. The van der Waals surface area contributed by atoms with Gasteiger partial charge in [-0.15, -0.1) is 0 Å². The zero-order valence-electron chi connectivity index (χ0n) is 10.8. The quantitative estimate of drug-likeness (QED) is 0.529. The fourth-order valence-electron chi connectivity index (χ4n) is 1.46. The highest BCUT2D eigenvalue weighted by Gasteiger charge is 1.95. The van der Waals surface area contributed by atoms with E-state index in [1.54, 1.807) is 0 Å². The fraction of sp³-hybridized carbons (Fsp3) is 0.500. The normalized spacial score (nSPS) is 10.3. The second-order valence-corrected chi connectivity index (χ2v) is 5.31. The monoisotopic (exact) mass is 284 g/mol. The second-order valence-electron chi connectivity index (χ2n) is 3.90. The number of benzene rings is 1. The molecule has 0 fully saturated rings. The summed E-state index contributed by atoms with van der Waals surface area (Å²) in [6.45, 7) is 2.23. The van der Waals surface area contributed by atoms with E-state index in [0.29, 0.717) is 11.0 Å². The Morgan fingerprint density at radius 3 is 2.56 bits per heavy atom. The van der Waals surface area contributed by atoms with Crippen molar-refractivity contribution in [3.05, 3.63) is 35.9 Å². The van der Waals surface area contributed by atoms with Gasteiger partial charge >= 0.3 is 0 Å². The Morgan fingerprint density at radius 2 is 1.83 bits per heavy atom. The van der Waals surface area contributed by atoms with E-state index in [9.17, 15) is 0 Å². The molecule has 0 aromatic heterocycles. The molecule has 0 N–H and O–H groups in total. The number of hydrogen-bond acceptors (Lipinski definition) is 4. The van der Waals surface area contributed by atoms with Crippen molar-refractivity contribution >= 4 is 28.4 Å².